The Hall–Kier alpha value is -0.0900. The van der Waals surface area contributed by atoms with Crippen LogP contribution in [0.25, 0.3) is 0 Å². The molecule has 1 rings (SSSR count). The normalized spacial score (nSPS) is 28.1. The lowest BCUT2D eigenvalue weighted by atomic mass is 10.0. The Bertz CT molecular complexity index is 261. The lowest BCUT2D eigenvalue weighted by molar-refractivity contribution is 0.398. The van der Waals surface area contributed by atoms with Gasteiger partial charge in [0, 0.05) is 18.8 Å². The van der Waals surface area contributed by atoms with Gasteiger partial charge in [-0.2, -0.15) is 0 Å². The molecule has 2 atom stereocenters. The van der Waals surface area contributed by atoms with E-state index in [4.69, 9.17) is 0 Å². The molecule has 1 saturated carbocycles. The molecule has 0 radical (unpaired) electrons. The minimum absolute atomic E-state index is 0.264. The van der Waals surface area contributed by atoms with Crippen LogP contribution in [0.4, 0.5) is 0 Å². The molecule has 1 N–H and O–H groups in total. The van der Waals surface area contributed by atoms with Gasteiger partial charge in [-0.05, 0) is 18.8 Å². The fourth-order valence-corrected chi connectivity index (χ4v) is 2.71. The molecule has 0 aromatic heterocycles. The molecule has 0 spiro atoms. The lowest BCUT2D eigenvalue weighted by Crippen LogP contribution is -2.35. The highest BCUT2D eigenvalue weighted by atomic mass is 32.2. The number of nitrogens with one attached hydrogen (secondary N) is 1. The summed E-state index contributed by atoms with van der Waals surface area (Å²) in [5, 5.41) is 3.36. The minimum atomic E-state index is -2.80. The molecule has 2 unspecified atom stereocenters. The molecule has 0 amide bonds. The lowest BCUT2D eigenvalue weighted by Gasteiger charge is -2.19. The summed E-state index contributed by atoms with van der Waals surface area (Å²) in [7, 11) is -2.80. The summed E-state index contributed by atoms with van der Waals surface area (Å²) < 4.78 is 21.8. The van der Waals surface area contributed by atoms with Gasteiger partial charge in [-0.25, -0.2) is 8.42 Å². The summed E-state index contributed by atoms with van der Waals surface area (Å²) in [6.45, 7) is 2.82. The molecule has 0 heterocycles. The van der Waals surface area contributed by atoms with Crippen molar-refractivity contribution in [2.24, 2.45) is 5.92 Å². The fourth-order valence-electron chi connectivity index (χ4n) is 2.22. The van der Waals surface area contributed by atoms with Gasteiger partial charge < -0.3 is 5.32 Å². The zero-order valence-electron chi connectivity index (χ0n) is 9.12. The van der Waals surface area contributed by atoms with Crippen molar-refractivity contribution in [3.05, 3.63) is 0 Å². The van der Waals surface area contributed by atoms with Crippen molar-refractivity contribution in [3.63, 3.8) is 0 Å². The van der Waals surface area contributed by atoms with Crippen LogP contribution in [0, 0.1) is 5.92 Å². The second-order valence-corrected chi connectivity index (χ2v) is 6.55. The first-order chi connectivity index (χ1) is 6.53. The van der Waals surface area contributed by atoms with E-state index < -0.39 is 9.84 Å². The van der Waals surface area contributed by atoms with Gasteiger partial charge in [0.15, 0.2) is 0 Å². The highest BCUT2D eigenvalue weighted by Gasteiger charge is 2.24. The molecule has 1 aliphatic carbocycles. The van der Waals surface area contributed by atoms with Crippen LogP contribution in [0.2, 0.25) is 0 Å². The Labute approximate surface area is 87.2 Å². The molecular weight excluding hydrogens is 198 g/mol. The second kappa shape index (κ2) is 5.12. The maximum atomic E-state index is 10.9. The molecule has 0 bridgehead atoms. The van der Waals surface area contributed by atoms with E-state index in [0.717, 1.165) is 5.92 Å². The predicted octanol–water partition coefficient (Wildman–Crippen LogP) is 1.20. The van der Waals surface area contributed by atoms with E-state index in [0.29, 0.717) is 12.6 Å². The topological polar surface area (TPSA) is 46.2 Å². The van der Waals surface area contributed by atoms with Crippen molar-refractivity contribution in [1.82, 2.24) is 5.32 Å². The number of hydrogen-bond donors (Lipinski definition) is 1. The van der Waals surface area contributed by atoms with Crippen molar-refractivity contribution in [2.45, 2.75) is 38.6 Å². The molecular formula is C10H21NO2S. The summed E-state index contributed by atoms with van der Waals surface area (Å²) >= 11 is 0. The molecule has 0 saturated heterocycles. The van der Waals surface area contributed by atoms with Crippen LogP contribution in [0.1, 0.15) is 32.6 Å². The van der Waals surface area contributed by atoms with Gasteiger partial charge in [0.1, 0.15) is 9.84 Å². The zero-order chi connectivity index (χ0) is 10.6. The first-order valence-electron chi connectivity index (χ1n) is 5.44. The van der Waals surface area contributed by atoms with E-state index in [1.165, 1.54) is 31.9 Å². The third-order valence-electron chi connectivity index (χ3n) is 3.06. The van der Waals surface area contributed by atoms with E-state index in [1.54, 1.807) is 0 Å². The molecule has 14 heavy (non-hydrogen) atoms. The standard InChI is InChI=1S/C10H21NO2S/c1-3-9-5-4-6-10(9)11-7-8-14(2,12)13/h9-11H,3-8H2,1-2H3. The first-order valence-corrected chi connectivity index (χ1v) is 7.50. The van der Waals surface area contributed by atoms with E-state index >= 15 is 0 Å². The van der Waals surface area contributed by atoms with Gasteiger partial charge in [-0.3, -0.25) is 0 Å². The quantitative estimate of drug-likeness (QED) is 0.756. The third-order valence-corrected chi connectivity index (χ3v) is 4.01. The second-order valence-electron chi connectivity index (χ2n) is 4.29. The van der Waals surface area contributed by atoms with Gasteiger partial charge in [0.05, 0.1) is 5.75 Å². The number of sulfone groups is 1. The Balaban J connectivity index is 2.24. The Morgan fingerprint density at radius 3 is 2.64 bits per heavy atom. The van der Waals surface area contributed by atoms with Crippen LogP contribution in [0.5, 0.6) is 0 Å². The molecule has 0 aliphatic heterocycles. The predicted molar refractivity (Wildman–Crippen MR) is 59.1 cm³/mol. The molecule has 0 aromatic rings. The third kappa shape index (κ3) is 3.96. The van der Waals surface area contributed by atoms with Gasteiger partial charge >= 0.3 is 0 Å². The van der Waals surface area contributed by atoms with Crippen molar-refractivity contribution in [2.75, 3.05) is 18.6 Å². The SMILES string of the molecule is CCC1CCCC1NCCS(C)(=O)=O. The molecule has 84 valence electrons. The summed E-state index contributed by atoms with van der Waals surface area (Å²) in [5.41, 5.74) is 0. The average molecular weight is 219 g/mol. The van der Waals surface area contributed by atoms with Gasteiger partial charge in [-0.1, -0.05) is 19.8 Å². The largest absolute Gasteiger partial charge is 0.313 e. The van der Waals surface area contributed by atoms with Crippen molar-refractivity contribution in [3.8, 4) is 0 Å². The van der Waals surface area contributed by atoms with Crippen LogP contribution >= 0.6 is 0 Å². The van der Waals surface area contributed by atoms with Crippen LogP contribution in [-0.4, -0.2) is 33.0 Å². The number of rotatable bonds is 5. The summed E-state index contributed by atoms with van der Waals surface area (Å²) in [4.78, 5) is 0. The summed E-state index contributed by atoms with van der Waals surface area (Å²) in [6, 6.07) is 0.557. The van der Waals surface area contributed by atoms with Gasteiger partial charge in [-0.15, -0.1) is 0 Å². The Morgan fingerprint density at radius 2 is 2.07 bits per heavy atom. The summed E-state index contributed by atoms with van der Waals surface area (Å²) in [5.74, 6) is 1.02. The number of hydrogen-bond acceptors (Lipinski definition) is 3. The zero-order valence-corrected chi connectivity index (χ0v) is 9.94. The van der Waals surface area contributed by atoms with Crippen LogP contribution in [-0.2, 0) is 9.84 Å². The monoisotopic (exact) mass is 219 g/mol. The highest BCUT2D eigenvalue weighted by molar-refractivity contribution is 7.90. The van der Waals surface area contributed by atoms with Crippen molar-refractivity contribution < 1.29 is 8.42 Å². The van der Waals surface area contributed by atoms with E-state index in [2.05, 4.69) is 12.2 Å². The molecule has 0 aromatic carbocycles. The molecule has 1 fully saturated rings. The van der Waals surface area contributed by atoms with Gasteiger partial charge in [0.2, 0.25) is 0 Å². The Kier molecular flexibility index (Phi) is 4.38. The summed E-state index contributed by atoms with van der Waals surface area (Å²) in [6.07, 6.45) is 6.29. The highest BCUT2D eigenvalue weighted by Crippen LogP contribution is 2.27. The maximum absolute atomic E-state index is 10.9. The molecule has 1 aliphatic rings. The van der Waals surface area contributed by atoms with E-state index in [-0.39, 0.29) is 5.75 Å². The van der Waals surface area contributed by atoms with E-state index in [1.807, 2.05) is 0 Å². The van der Waals surface area contributed by atoms with Crippen molar-refractivity contribution in [1.29, 1.82) is 0 Å². The maximum Gasteiger partial charge on any atom is 0.148 e. The van der Waals surface area contributed by atoms with Gasteiger partial charge in [0.25, 0.3) is 0 Å². The van der Waals surface area contributed by atoms with Crippen LogP contribution in [0.15, 0.2) is 0 Å². The van der Waals surface area contributed by atoms with Crippen LogP contribution in [0.3, 0.4) is 0 Å². The first kappa shape index (κ1) is 12.0. The molecule has 4 heteroatoms. The molecule has 3 nitrogen and oxygen atoms in total. The van der Waals surface area contributed by atoms with E-state index in [9.17, 15) is 8.42 Å². The average Bonchev–Trinajstić information content (AvgIpc) is 2.49. The minimum Gasteiger partial charge on any atom is -0.313 e. The Morgan fingerprint density at radius 1 is 1.36 bits per heavy atom. The van der Waals surface area contributed by atoms with Crippen molar-refractivity contribution >= 4 is 9.84 Å². The van der Waals surface area contributed by atoms with Crippen LogP contribution < -0.4 is 5.32 Å². The smallest absolute Gasteiger partial charge is 0.148 e. The fraction of sp³-hybridized carbons (Fsp3) is 1.00.